The van der Waals surface area contributed by atoms with E-state index in [-0.39, 0.29) is 34.8 Å². The van der Waals surface area contributed by atoms with Gasteiger partial charge in [0.2, 0.25) is 5.91 Å². The van der Waals surface area contributed by atoms with Crippen LogP contribution in [0.1, 0.15) is 58.6 Å². The predicted molar refractivity (Wildman–Crippen MR) is 101 cm³/mol. The van der Waals surface area contributed by atoms with Crippen molar-refractivity contribution < 1.29 is 14.6 Å². The molecular weight excluding hydrogens is 326 g/mol. The summed E-state index contributed by atoms with van der Waals surface area (Å²) in [6.07, 6.45) is 3.33. The Morgan fingerprint density at radius 2 is 2.12 bits per heavy atom. The van der Waals surface area contributed by atoms with Crippen molar-refractivity contribution in [1.29, 1.82) is 0 Å². The van der Waals surface area contributed by atoms with E-state index in [0.717, 1.165) is 18.4 Å². The monoisotopic (exact) mass is 357 g/mol. The van der Waals surface area contributed by atoms with Crippen molar-refractivity contribution in [3.05, 3.63) is 29.8 Å². The maximum absolute atomic E-state index is 12.6. The van der Waals surface area contributed by atoms with E-state index in [1.54, 1.807) is 6.07 Å². The standard InChI is InChI=1S/C22H31NO3/c1-13(2)19(25)23-20-21(3,4)15-11-17-18(14-6-5-7-16(24)10-14)26-9-8-22(17,20)12-15/h5-7,10,13,15,17-18,20,24H,8-9,11-12H2,1-4H3,(H,23,25)/t15-,17-,18-,20+,22-/m1/s1. The second kappa shape index (κ2) is 5.98. The molecule has 1 saturated heterocycles. The Kier molecular flexibility index (Phi) is 4.11. The third-order valence-electron chi connectivity index (χ3n) is 7.51. The van der Waals surface area contributed by atoms with Gasteiger partial charge in [-0.2, -0.15) is 0 Å². The van der Waals surface area contributed by atoms with Crippen LogP contribution in [-0.4, -0.2) is 23.7 Å². The van der Waals surface area contributed by atoms with E-state index in [2.05, 4.69) is 25.2 Å². The summed E-state index contributed by atoms with van der Waals surface area (Å²) in [5, 5.41) is 13.3. The molecule has 1 aliphatic heterocycles. The van der Waals surface area contributed by atoms with Crippen LogP contribution >= 0.6 is 0 Å². The SMILES string of the molecule is CC(C)C(=O)N[C@H]1C(C)(C)[C@@H]2C[C@@H]3[C@@H](c4cccc(O)c4)OCC[C@@]31C2. The molecule has 5 atom stereocenters. The molecule has 1 spiro atoms. The van der Waals surface area contributed by atoms with Gasteiger partial charge in [-0.05, 0) is 59.6 Å². The van der Waals surface area contributed by atoms with Gasteiger partial charge in [-0.1, -0.05) is 39.8 Å². The third-order valence-corrected chi connectivity index (χ3v) is 7.51. The van der Waals surface area contributed by atoms with Crippen LogP contribution in [0.3, 0.4) is 0 Å². The number of phenolic OH excluding ortho intramolecular Hbond substituents is 1. The summed E-state index contributed by atoms with van der Waals surface area (Å²) in [5.74, 6) is 1.45. The van der Waals surface area contributed by atoms with Crippen LogP contribution in [0, 0.1) is 28.6 Å². The minimum atomic E-state index is 0.00137. The number of rotatable bonds is 3. The maximum atomic E-state index is 12.6. The van der Waals surface area contributed by atoms with E-state index in [9.17, 15) is 9.90 Å². The number of phenols is 1. The molecule has 0 aromatic heterocycles. The average Bonchev–Trinajstić information content (AvgIpc) is 3.07. The highest BCUT2D eigenvalue weighted by Gasteiger charge is 2.68. The highest BCUT2D eigenvalue weighted by molar-refractivity contribution is 5.78. The van der Waals surface area contributed by atoms with Gasteiger partial charge in [0.25, 0.3) is 0 Å². The molecular formula is C22H31NO3. The fourth-order valence-electron chi connectivity index (χ4n) is 6.13. The number of carbonyl (C=O) groups excluding carboxylic acids is 1. The quantitative estimate of drug-likeness (QED) is 0.858. The summed E-state index contributed by atoms with van der Waals surface area (Å²) >= 11 is 0. The van der Waals surface area contributed by atoms with Crippen molar-refractivity contribution in [2.45, 2.75) is 59.1 Å². The fraction of sp³-hybridized carbons (Fsp3) is 0.682. The van der Waals surface area contributed by atoms with Crippen LogP contribution in [0.5, 0.6) is 5.75 Å². The fourth-order valence-corrected chi connectivity index (χ4v) is 6.13. The lowest BCUT2D eigenvalue weighted by molar-refractivity contribution is -0.139. The van der Waals surface area contributed by atoms with E-state index in [0.29, 0.717) is 24.2 Å². The lowest BCUT2D eigenvalue weighted by Crippen LogP contribution is -2.59. The minimum Gasteiger partial charge on any atom is -0.508 e. The van der Waals surface area contributed by atoms with Gasteiger partial charge in [-0.25, -0.2) is 0 Å². The lowest BCUT2D eigenvalue weighted by Gasteiger charge is -2.53. The maximum Gasteiger partial charge on any atom is 0.222 e. The zero-order valence-electron chi connectivity index (χ0n) is 16.3. The van der Waals surface area contributed by atoms with Gasteiger partial charge >= 0.3 is 0 Å². The Labute approximate surface area is 156 Å². The zero-order valence-corrected chi connectivity index (χ0v) is 16.3. The Bertz CT molecular complexity index is 713. The van der Waals surface area contributed by atoms with Crippen molar-refractivity contribution in [2.24, 2.45) is 28.6 Å². The number of carbonyl (C=O) groups is 1. The summed E-state index contributed by atoms with van der Waals surface area (Å²) in [6, 6.07) is 7.68. The number of aromatic hydroxyl groups is 1. The first kappa shape index (κ1) is 17.8. The van der Waals surface area contributed by atoms with Gasteiger partial charge in [0.05, 0.1) is 6.10 Å². The molecule has 3 aliphatic rings. The smallest absolute Gasteiger partial charge is 0.222 e. The molecule has 2 bridgehead atoms. The van der Waals surface area contributed by atoms with E-state index >= 15 is 0 Å². The topological polar surface area (TPSA) is 58.6 Å². The molecule has 1 aromatic carbocycles. The zero-order chi connectivity index (χ0) is 18.7. The Morgan fingerprint density at radius 1 is 1.35 bits per heavy atom. The second-order valence-electron chi connectivity index (χ2n) is 9.53. The Morgan fingerprint density at radius 3 is 2.81 bits per heavy atom. The molecule has 2 saturated carbocycles. The number of amides is 1. The second-order valence-corrected chi connectivity index (χ2v) is 9.53. The number of fused-ring (bicyclic) bond motifs is 1. The molecule has 0 unspecified atom stereocenters. The van der Waals surface area contributed by atoms with Gasteiger partial charge < -0.3 is 15.2 Å². The lowest BCUT2D eigenvalue weighted by atomic mass is 9.58. The summed E-state index contributed by atoms with van der Waals surface area (Å²) < 4.78 is 6.23. The van der Waals surface area contributed by atoms with Crippen molar-refractivity contribution in [1.82, 2.24) is 5.32 Å². The van der Waals surface area contributed by atoms with Gasteiger partial charge in [-0.15, -0.1) is 0 Å². The molecule has 4 rings (SSSR count). The van der Waals surface area contributed by atoms with Crippen molar-refractivity contribution in [3.63, 3.8) is 0 Å². The van der Waals surface area contributed by atoms with E-state index < -0.39 is 0 Å². The van der Waals surface area contributed by atoms with Crippen LogP contribution in [0.15, 0.2) is 24.3 Å². The number of hydrogen-bond acceptors (Lipinski definition) is 3. The molecule has 1 aromatic rings. The highest BCUT2D eigenvalue weighted by atomic mass is 16.5. The number of benzene rings is 1. The minimum absolute atomic E-state index is 0.00137. The first-order chi connectivity index (χ1) is 12.3. The summed E-state index contributed by atoms with van der Waals surface area (Å²) in [7, 11) is 0. The summed E-state index contributed by atoms with van der Waals surface area (Å²) in [5.41, 5.74) is 1.28. The van der Waals surface area contributed by atoms with Gasteiger partial charge in [-0.3, -0.25) is 4.79 Å². The first-order valence-electron chi connectivity index (χ1n) is 9.96. The van der Waals surface area contributed by atoms with Gasteiger partial charge in [0.1, 0.15) is 5.75 Å². The molecule has 26 heavy (non-hydrogen) atoms. The van der Waals surface area contributed by atoms with E-state index in [1.165, 1.54) is 6.42 Å². The summed E-state index contributed by atoms with van der Waals surface area (Å²) in [6.45, 7) is 9.29. The molecule has 2 N–H and O–H groups in total. The Hall–Kier alpha value is -1.55. The molecule has 4 nitrogen and oxygen atoms in total. The average molecular weight is 357 g/mol. The van der Waals surface area contributed by atoms with Crippen molar-refractivity contribution in [2.75, 3.05) is 6.61 Å². The van der Waals surface area contributed by atoms with Crippen molar-refractivity contribution in [3.8, 4) is 5.75 Å². The normalized spacial score (nSPS) is 37.6. The van der Waals surface area contributed by atoms with Crippen LogP contribution in [0.4, 0.5) is 0 Å². The summed E-state index contributed by atoms with van der Waals surface area (Å²) in [4.78, 5) is 12.6. The molecule has 0 radical (unpaired) electrons. The van der Waals surface area contributed by atoms with Gasteiger partial charge in [0, 0.05) is 18.6 Å². The predicted octanol–water partition coefficient (Wildman–Crippen LogP) is 4.05. The Balaban J connectivity index is 1.69. The largest absolute Gasteiger partial charge is 0.508 e. The molecule has 2 aliphatic carbocycles. The van der Waals surface area contributed by atoms with Gasteiger partial charge in [0.15, 0.2) is 0 Å². The molecule has 1 amide bonds. The molecule has 1 heterocycles. The molecule has 142 valence electrons. The molecule has 4 heteroatoms. The van der Waals surface area contributed by atoms with Crippen molar-refractivity contribution >= 4 is 5.91 Å². The van der Waals surface area contributed by atoms with Crippen LogP contribution in [-0.2, 0) is 9.53 Å². The van der Waals surface area contributed by atoms with E-state index in [4.69, 9.17) is 4.74 Å². The number of nitrogens with one attached hydrogen (secondary N) is 1. The third kappa shape index (κ3) is 2.49. The number of hydrogen-bond donors (Lipinski definition) is 2. The van der Waals surface area contributed by atoms with Crippen LogP contribution in [0.2, 0.25) is 0 Å². The first-order valence-corrected chi connectivity index (χ1v) is 9.96. The number of ether oxygens (including phenoxy) is 1. The van der Waals surface area contributed by atoms with Crippen LogP contribution in [0.25, 0.3) is 0 Å². The highest BCUT2D eigenvalue weighted by Crippen LogP contribution is 2.70. The molecule has 3 fully saturated rings. The van der Waals surface area contributed by atoms with E-state index in [1.807, 2.05) is 26.0 Å². The van der Waals surface area contributed by atoms with Crippen LogP contribution < -0.4 is 5.32 Å².